The van der Waals surface area contributed by atoms with E-state index < -0.39 is 0 Å². The van der Waals surface area contributed by atoms with Gasteiger partial charge in [0.25, 0.3) is 0 Å². The van der Waals surface area contributed by atoms with E-state index in [2.05, 4.69) is 0 Å². The van der Waals surface area contributed by atoms with Gasteiger partial charge in [-0.3, -0.25) is 0 Å². The molecule has 0 fully saturated rings. The van der Waals surface area contributed by atoms with Crippen LogP contribution in [-0.4, -0.2) is 26.3 Å². The van der Waals surface area contributed by atoms with Crippen molar-refractivity contribution in [2.24, 2.45) is 0 Å². The zero-order chi connectivity index (χ0) is 17.9. The Bertz CT molecular complexity index is 631. The average molecular weight is 330 g/mol. The van der Waals surface area contributed by atoms with Crippen molar-refractivity contribution in [1.29, 1.82) is 0 Å². The summed E-state index contributed by atoms with van der Waals surface area (Å²) in [5, 5.41) is 0. The van der Waals surface area contributed by atoms with E-state index >= 15 is 0 Å². The van der Waals surface area contributed by atoms with Gasteiger partial charge >= 0.3 is 5.97 Å². The standard InChI is InChI=1S/C20H26O4/c1-15(2)10-12-23-19-14-17(6-8-18(19)22-5)7-9-20(21)24-13-11-16(3)4/h6-11,14H,12-13H2,1-5H3/b9-7+. The zero-order valence-corrected chi connectivity index (χ0v) is 15.1. The number of esters is 1. The van der Waals surface area contributed by atoms with E-state index in [9.17, 15) is 4.79 Å². The molecule has 4 heteroatoms. The number of carbonyl (C=O) groups excluding carboxylic acids is 1. The Balaban J connectivity index is 2.74. The molecule has 0 unspecified atom stereocenters. The fourth-order valence-electron chi connectivity index (χ4n) is 1.71. The molecule has 0 N–H and O–H groups in total. The van der Waals surface area contributed by atoms with Gasteiger partial charge in [0.2, 0.25) is 0 Å². The maximum absolute atomic E-state index is 11.7. The normalized spacial score (nSPS) is 10.2. The summed E-state index contributed by atoms with van der Waals surface area (Å²) >= 11 is 0. The molecule has 1 aromatic rings. The molecular formula is C20H26O4. The Hall–Kier alpha value is -2.49. The van der Waals surface area contributed by atoms with Gasteiger partial charge in [-0.1, -0.05) is 17.2 Å². The summed E-state index contributed by atoms with van der Waals surface area (Å²) in [5.74, 6) is 0.908. The van der Waals surface area contributed by atoms with Crippen LogP contribution in [0, 0.1) is 0 Å². The maximum atomic E-state index is 11.7. The number of carbonyl (C=O) groups is 1. The predicted octanol–water partition coefficient (Wildman–Crippen LogP) is 4.56. The van der Waals surface area contributed by atoms with Gasteiger partial charge in [-0.2, -0.15) is 0 Å². The smallest absolute Gasteiger partial charge is 0.331 e. The van der Waals surface area contributed by atoms with Gasteiger partial charge in [-0.15, -0.1) is 0 Å². The summed E-state index contributed by atoms with van der Waals surface area (Å²) in [7, 11) is 1.60. The van der Waals surface area contributed by atoms with Crippen molar-refractivity contribution in [3.8, 4) is 11.5 Å². The van der Waals surface area contributed by atoms with Crippen LogP contribution in [0.5, 0.6) is 11.5 Å². The monoisotopic (exact) mass is 330 g/mol. The SMILES string of the molecule is COc1ccc(/C=C/C(=O)OCC=C(C)C)cc1OCC=C(C)C. The quantitative estimate of drug-likeness (QED) is 0.398. The van der Waals surface area contributed by atoms with E-state index in [1.165, 1.54) is 11.6 Å². The lowest BCUT2D eigenvalue weighted by Crippen LogP contribution is -2.00. The van der Waals surface area contributed by atoms with Crippen molar-refractivity contribution in [1.82, 2.24) is 0 Å². The van der Waals surface area contributed by atoms with E-state index in [4.69, 9.17) is 14.2 Å². The molecule has 0 saturated heterocycles. The molecule has 0 aliphatic rings. The molecule has 24 heavy (non-hydrogen) atoms. The Kier molecular flexibility index (Phi) is 8.41. The molecule has 0 radical (unpaired) electrons. The molecule has 0 aliphatic heterocycles. The lowest BCUT2D eigenvalue weighted by Gasteiger charge is -2.10. The molecule has 0 atom stereocenters. The minimum atomic E-state index is -0.379. The van der Waals surface area contributed by atoms with E-state index in [1.54, 1.807) is 13.2 Å². The third kappa shape index (κ3) is 7.68. The maximum Gasteiger partial charge on any atom is 0.331 e. The molecule has 1 aromatic carbocycles. The van der Waals surface area contributed by atoms with E-state index in [1.807, 2.05) is 58.0 Å². The Labute approximate surface area is 144 Å². The van der Waals surface area contributed by atoms with Crippen LogP contribution in [0.2, 0.25) is 0 Å². The Morgan fingerprint density at radius 2 is 1.67 bits per heavy atom. The number of allylic oxidation sites excluding steroid dienone is 2. The highest BCUT2D eigenvalue weighted by Gasteiger charge is 2.05. The fourth-order valence-corrected chi connectivity index (χ4v) is 1.71. The molecule has 0 aromatic heterocycles. The molecule has 130 valence electrons. The van der Waals surface area contributed by atoms with Crippen LogP contribution in [-0.2, 0) is 9.53 Å². The molecule has 4 nitrogen and oxygen atoms in total. The van der Waals surface area contributed by atoms with Crippen molar-refractivity contribution in [2.75, 3.05) is 20.3 Å². The van der Waals surface area contributed by atoms with Crippen molar-refractivity contribution >= 4 is 12.0 Å². The van der Waals surface area contributed by atoms with Gasteiger partial charge in [-0.05, 0) is 63.6 Å². The molecule has 1 rings (SSSR count). The first-order chi connectivity index (χ1) is 11.4. The van der Waals surface area contributed by atoms with Crippen LogP contribution < -0.4 is 9.47 Å². The van der Waals surface area contributed by atoms with E-state index in [0.29, 0.717) is 18.1 Å². The number of hydrogen-bond donors (Lipinski definition) is 0. The molecule has 0 aliphatic carbocycles. The summed E-state index contributed by atoms with van der Waals surface area (Å²) in [5.41, 5.74) is 3.13. The number of benzene rings is 1. The largest absolute Gasteiger partial charge is 0.493 e. The highest BCUT2D eigenvalue weighted by atomic mass is 16.5. The topological polar surface area (TPSA) is 44.8 Å². The molecular weight excluding hydrogens is 304 g/mol. The van der Waals surface area contributed by atoms with Crippen molar-refractivity contribution in [3.05, 3.63) is 53.1 Å². The summed E-state index contributed by atoms with van der Waals surface area (Å²) in [6.45, 7) is 8.69. The Morgan fingerprint density at radius 3 is 2.29 bits per heavy atom. The van der Waals surface area contributed by atoms with Crippen molar-refractivity contribution in [2.45, 2.75) is 27.7 Å². The van der Waals surface area contributed by atoms with Crippen molar-refractivity contribution < 1.29 is 19.0 Å². The minimum absolute atomic E-state index is 0.283. The van der Waals surface area contributed by atoms with Crippen LogP contribution in [0.4, 0.5) is 0 Å². The summed E-state index contributed by atoms with van der Waals surface area (Å²) in [4.78, 5) is 11.7. The molecule has 0 saturated carbocycles. The van der Waals surface area contributed by atoms with Gasteiger partial charge in [0.05, 0.1) is 7.11 Å². The van der Waals surface area contributed by atoms with Crippen LogP contribution in [0.15, 0.2) is 47.6 Å². The first-order valence-electron chi connectivity index (χ1n) is 7.84. The fraction of sp³-hybridized carbons (Fsp3) is 0.350. The number of rotatable bonds is 8. The van der Waals surface area contributed by atoms with E-state index in [-0.39, 0.29) is 12.6 Å². The molecule has 0 spiro atoms. The third-order valence-electron chi connectivity index (χ3n) is 3.05. The minimum Gasteiger partial charge on any atom is -0.493 e. The molecule has 0 bridgehead atoms. The predicted molar refractivity (Wildman–Crippen MR) is 97.3 cm³/mol. The third-order valence-corrected chi connectivity index (χ3v) is 3.05. The lowest BCUT2D eigenvalue weighted by molar-refractivity contribution is -0.136. The second-order valence-electron chi connectivity index (χ2n) is 5.75. The average Bonchev–Trinajstić information content (AvgIpc) is 2.52. The summed E-state index contributed by atoms with van der Waals surface area (Å²) < 4.78 is 16.1. The van der Waals surface area contributed by atoms with Gasteiger partial charge in [0.15, 0.2) is 11.5 Å². The Morgan fingerprint density at radius 1 is 1.00 bits per heavy atom. The summed E-state index contributed by atoms with van der Waals surface area (Å²) in [6, 6.07) is 5.50. The second kappa shape index (κ2) is 10.3. The van der Waals surface area contributed by atoms with Crippen LogP contribution in [0.3, 0.4) is 0 Å². The van der Waals surface area contributed by atoms with Crippen LogP contribution in [0.25, 0.3) is 6.08 Å². The zero-order valence-electron chi connectivity index (χ0n) is 15.1. The van der Waals surface area contributed by atoms with Crippen LogP contribution in [0.1, 0.15) is 33.3 Å². The number of hydrogen-bond acceptors (Lipinski definition) is 4. The highest BCUT2D eigenvalue weighted by Crippen LogP contribution is 2.28. The molecule has 0 heterocycles. The first kappa shape index (κ1) is 19.6. The highest BCUT2D eigenvalue weighted by molar-refractivity contribution is 5.87. The number of ether oxygens (including phenoxy) is 3. The molecule has 0 amide bonds. The number of methoxy groups -OCH3 is 1. The van der Waals surface area contributed by atoms with Gasteiger partial charge < -0.3 is 14.2 Å². The summed E-state index contributed by atoms with van der Waals surface area (Å²) in [6.07, 6.45) is 6.94. The van der Waals surface area contributed by atoms with Crippen molar-refractivity contribution in [3.63, 3.8) is 0 Å². The van der Waals surface area contributed by atoms with Gasteiger partial charge in [0.1, 0.15) is 13.2 Å². The lowest BCUT2D eigenvalue weighted by atomic mass is 10.2. The van der Waals surface area contributed by atoms with Gasteiger partial charge in [-0.25, -0.2) is 4.79 Å². The first-order valence-corrected chi connectivity index (χ1v) is 7.84. The van der Waals surface area contributed by atoms with Gasteiger partial charge in [0, 0.05) is 6.08 Å². The van der Waals surface area contributed by atoms with Crippen LogP contribution >= 0.6 is 0 Å². The second-order valence-corrected chi connectivity index (χ2v) is 5.75. The van der Waals surface area contributed by atoms with E-state index in [0.717, 1.165) is 11.1 Å².